The van der Waals surface area contributed by atoms with E-state index in [4.69, 9.17) is 15.3 Å². The highest BCUT2D eigenvalue weighted by Crippen LogP contribution is 2.35. The van der Waals surface area contributed by atoms with Gasteiger partial charge in [0.25, 0.3) is 0 Å². The second-order valence-corrected chi connectivity index (χ2v) is 5.14. The van der Waals surface area contributed by atoms with Gasteiger partial charge in [0.15, 0.2) is 0 Å². The van der Waals surface area contributed by atoms with Crippen LogP contribution in [0.2, 0.25) is 0 Å². The van der Waals surface area contributed by atoms with E-state index >= 15 is 0 Å². The number of thioether (sulfide) groups is 1. The van der Waals surface area contributed by atoms with Gasteiger partial charge in [-0.1, -0.05) is 0 Å². The van der Waals surface area contributed by atoms with Gasteiger partial charge in [-0.15, -0.1) is 11.8 Å². The lowest BCUT2D eigenvalue weighted by molar-refractivity contribution is -0.137. The van der Waals surface area contributed by atoms with E-state index in [1.54, 1.807) is 0 Å². The van der Waals surface area contributed by atoms with Crippen molar-refractivity contribution in [1.82, 2.24) is 0 Å². The fourth-order valence-corrected chi connectivity index (χ4v) is 2.58. The smallest absolute Gasteiger partial charge is 0.416 e. The second kappa shape index (κ2) is 5.72. The van der Waals surface area contributed by atoms with Crippen molar-refractivity contribution in [3.8, 4) is 0 Å². The number of carbonyl (C=O) groups is 1. The third kappa shape index (κ3) is 3.52. The summed E-state index contributed by atoms with van der Waals surface area (Å²) in [6.45, 7) is 0. The standard InChI is InChI=1S/C13H10F3NO3S/c14-13(15,16)8-1-2-10(9(17)5-8)21-6-7-3-4-20-11(7)12(18)19/h1-5H,6,17H2,(H,18,19). The Balaban J connectivity index is 2.14. The first-order chi connectivity index (χ1) is 9.79. The molecule has 1 heterocycles. The van der Waals surface area contributed by atoms with E-state index in [9.17, 15) is 18.0 Å². The highest BCUT2D eigenvalue weighted by atomic mass is 32.2. The van der Waals surface area contributed by atoms with Crippen LogP contribution in [0.25, 0.3) is 0 Å². The third-order valence-electron chi connectivity index (χ3n) is 2.66. The summed E-state index contributed by atoms with van der Waals surface area (Å²) in [5, 5.41) is 8.88. The molecule has 0 atom stereocenters. The van der Waals surface area contributed by atoms with Gasteiger partial charge in [0.2, 0.25) is 5.76 Å². The number of nitrogens with two attached hydrogens (primary N) is 1. The Morgan fingerprint density at radius 2 is 2.05 bits per heavy atom. The Bertz CT molecular complexity index is 667. The van der Waals surface area contributed by atoms with Crippen LogP contribution in [0.4, 0.5) is 18.9 Å². The highest BCUT2D eigenvalue weighted by Gasteiger charge is 2.30. The summed E-state index contributed by atoms with van der Waals surface area (Å²) in [6.07, 6.45) is -3.20. The Kier molecular flexibility index (Phi) is 4.17. The van der Waals surface area contributed by atoms with Crippen molar-refractivity contribution in [2.45, 2.75) is 16.8 Å². The van der Waals surface area contributed by atoms with Gasteiger partial charge >= 0.3 is 12.1 Å². The molecule has 3 N–H and O–H groups in total. The molecule has 0 bridgehead atoms. The van der Waals surface area contributed by atoms with E-state index in [1.165, 1.54) is 18.4 Å². The van der Waals surface area contributed by atoms with Crippen LogP contribution in [-0.4, -0.2) is 11.1 Å². The van der Waals surface area contributed by atoms with Crippen molar-refractivity contribution >= 4 is 23.4 Å². The fourth-order valence-electron chi connectivity index (χ4n) is 1.65. The van der Waals surface area contributed by atoms with Crippen LogP contribution in [0, 0.1) is 0 Å². The van der Waals surface area contributed by atoms with Crippen molar-refractivity contribution in [2.75, 3.05) is 5.73 Å². The topological polar surface area (TPSA) is 76.5 Å². The quantitative estimate of drug-likeness (QED) is 0.661. The molecule has 21 heavy (non-hydrogen) atoms. The van der Waals surface area contributed by atoms with Crippen molar-refractivity contribution in [3.63, 3.8) is 0 Å². The van der Waals surface area contributed by atoms with E-state index < -0.39 is 17.7 Å². The van der Waals surface area contributed by atoms with E-state index in [0.29, 0.717) is 10.5 Å². The zero-order valence-corrected chi connectivity index (χ0v) is 11.3. The van der Waals surface area contributed by atoms with E-state index in [-0.39, 0.29) is 17.2 Å². The Morgan fingerprint density at radius 3 is 2.62 bits per heavy atom. The molecule has 112 valence electrons. The van der Waals surface area contributed by atoms with Crippen LogP contribution >= 0.6 is 11.8 Å². The normalized spacial score (nSPS) is 11.6. The molecule has 8 heteroatoms. The van der Waals surface area contributed by atoms with Gasteiger partial charge in [-0.2, -0.15) is 13.2 Å². The van der Waals surface area contributed by atoms with Gasteiger partial charge in [-0.3, -0.25) is 0 Å². The van der Waals surface area contributed by atoms with E-state index in [2.05, 4.69) is 0 Å². The average Bonchev–Trinajstić information content (AvgIpc) is 2.84. The summed E-state index contributed by atoms with van der Waals surface area (Å²) in [7, 11) is 0. The van der Waals surface area contributed by atoms with E-state index in [0.717, 1.165) is 23.9 Å². The second-order valence-electron chi connectivity index (χ2n) is 4.12. The summed E-state index contributed by atoms with van der Waals surface area (Å²) in [5.41, 5.74) is 5.21. The monoisotopic (exact) mass is 317 g/mol. The van der Waals surface area contributed by atoms with Gasteiger partial charge in [-0.25, -0.2) is 4.79 Å². The maximum absolute atomic E-state index is 12.5. The lowest BCUT2D eigenvalue weighted by Gasteiger charge is -2.10. The van der Waals surface area contributed by atoms with Crippen molar-refractivity contribution in [2.24, 2.45) is 0 Å². The lowest BCUT2D eigenvalue weighted by Crippen LogP contribution is -2.05. The predicted molar refractivity (Wildman–Crippen MR) is 71.1 cm³/mol. The number of nitrogen functional groups attached to an aromatic ring is 1. The molecule has 0 fully saturated rings. The van der Waals surface area contributed by atoms with E-state index in [1.807, 2.05) is 0 Å². The highest BCUT2D eigenvalue weighted by molar-refractivity contribution is 7.98. The Labute approximate surface area is 121 Å². The largest absolute Gasteiger partial charge is 0.475 e. The molecule has 0 spiro atoms. The van der Waals surface area contributed by atoms with Crippen molar-refractivity contribution in [1.29, 1.82) is 0 Å². The van der Waals surface area contributed by atoms with Crippen LogP contribution in [0.15, 0.2) is 39.8 Å². The molecular formula is C13H10F3NO3S. The number of benzene rings is 1. The molecule has 0 unspecified atom stereocenters. The first-order valence-electron chi connectivity index (χ1n) is 5.68. The Hall–Kier alpha value is -2.09. The fraction of sp³-hybridized carbons (Fsp3) is 0.154. The molecule has 2 aromatic rings. The molecule has 1 aromatic carbocycles. The molecule has 4 nitrogen and oxygen atoms in total. The molecule has 0 aliphatic rings. The number of carboxylic acids is 1. The number of rotatable bonds is 4. The lowest BCUT2D eigenvalue weighted by atomic mass is 10.2. The molecule has 0 aliphatic heterocycles. The third-order valence-corrected chi connectivity index (χ3v) is 3.80. The molecular weight excluding hydrogens is 307 g/mol. The number of halogens is 3. The molecule has 2 rings (SSSR count). The van der Waals surface area contributed by atoms with Crippen LogP contribution in [0.1, 0.15) is 21.7 Å². The van der Waals surface area contributed by atoms with Crippen LogP contribution in [0.3, 0.4) is 0 Å². The minimum Gasteiger partial charge on any atom is -0.475 e. The molecule has 0 amide bonds. The zero-order valence-electron chi connectivity index (χ0n) is 10.5. The summed E-state index contributed by atoms with van der Waals surface area (Å²) in [4.78, 5) is 11.3. The van der Waals surface area contributed by atoms with Crippen molar-refractivity contribution in [3.05, 3.63) is 47.4 Å². The molecule has 1 aromatic heterocycles. The number of aromatic carboxylic acids is 1. The summed E-state index contributed by atoms with van der Waals surface area (Å²) < 4.78 is 42.3. The number of carboxylic acid groups (broad SMARTS) is 1. The number of furan rings is 1. The maximum atomic E-state index is 12.5. The molecule has 0 saturated heterocycles. The van der Waals surface area contributed by atoms with Gasteiger partial charge in [-0.05, 0) is 24.3 Å². The molecule has 0 radical (unpaired) electrons. The summed E-state index contributed by atoms with van der Waals surface area (Å²) in [6, 6.07) is 4.56. The number of hydrogen-bond acceptors (Lipinski definition) is 4. The van der Waals surface area contributed by atoms with Crippen molar-refractivity contribution < 1.29 is 27.5 Å². The SMILES string of the molecule is Nc1cc(C(F)(F)F)ccc1SCc1ccoc1C(=O)O. The maximum Gasteiger partial charge on any atom is 0.416 e. The predicted octanol–water partition coefficient (Wildman–Crippen LogP) is 3.87. The van der Waals surface area contributed by atoms with Gasteiger partial charge < -0.3 is 15.3 Å². The van der Waals surface area contributed by atoms with Crippen LogP contribution in [-0.2, 0) is 11.9 Å². The zero-order chi connectivity index (χ0) is 15.6. The Morgan fingerprint density at radius 1 is 1.33 bits per heavy atom. The molecule has 0 saturated carbocycles. The number of anilines is 1. The average molecular weight is 317 g/mol. The number of hydrogen-bond donors (Lipinski definition) is 2. The molecule has 0 aliphatic carbocycles. The van der Waals surface area contributed by atoms with Gasteiger partial charge in [0.1, 0.15) is 0 Å². The van der Waals surface area contributed by atoms with Crippen LogP contribution < -0.4 is 5.73 Å². The minimum atomic E-state index is -4.45. The summed E-state index contributed by atoms with van der Waals surface area (Å²) in [5.74, 6) is -1.16. The van der Waals surface area contributed by atoms with Gasteiger partial charge in [0, 0.05) is 21.9 Å². The number of alkyl halides is 3. The van der Waals surface area contributed by atoms with Crippen LogP contribution in [0.5, 0.6) is 0 Å². The summed E-state index contributed by atoms with van der Waals surface area (Å²) >= 11 is 1.14. The van der Waals surface area contributed by atoms with Gasteiger partial charge in [0.05, 0.1) is 11.8 Å². The first-order valence-corrected chi connectivity index (χ1v) is 6.67. The first kappa shape index (κ1) is 15.3. The minimum absolute atomic E-state index is 0.00445.